The number of hydrogen-bond acceptors (Lipinski definition) is 4. The molecule has 0 radical (unpaired) electrons. The van der Waals surface area contributed by atoms with E-state index in [1.165, 1.54) is 0 Å². The topological polar surface area (TPSA) is 54.5 Å². The molecule has 0 unspecified atom stereocenters. The molecule has 17 heavy (non-hydrogen) atoms. The van der Waals surface area contributed by atoms with E-state index in [1.54, 1.807) is 24.5 Å². The Balaban J connectivity index is 1.80. The van der Waals surface area contributed by atoms with Crippen molar-refractivity contribution in [2.75, 3.05) is 32.8 Å². The highest BCUT2D eigenvalue weighted by atomic mass is 16.5. The second-order valence-corrected chi connectivity index (χ2v) is 3.96. The Morgan fingerprint density at radius 1 is 1.47 bits per heavy atom. The molecule has 0 aliphatic carbocycles. The van der Waals surface area contributed by atoms with Gasteiger partial charge < -0.3 is 15.0 Å². The van der Waals surface area contributed by atoms with Crippen LogP contribution in [0.4, 0.5) is 0 Å². The molecule has 1 aliphatic heterocycles. The molecule has 92 valence electrons. The number of carbonyl (C=O) groups is 1. The van der Waals surface area contributed by atoms with Gasteiger partial charge in [0, 0.05) is 25.8 Å². The van der Waals surface area contributed by atoms with Gasteiger partial charge in [0.15, 0.2) is 6.61 Å². The maximum atomic E-state index is 11.9. The number of nitrogens with one attached hydrogen (secondary N) is 1. The van der Waals surface area contributed by atoms with Crippen molar-refractivity contribution in [1.29, 1.82) is 0 Å². The van der Waals surface area contributed by atoms with Crippen LogP contribution in [0.5, 0.6) is 5.75 Å². The van der Waals surface area contributed by atoms with Gasteiger partial charge in [-0.1, -0.05) is 0 Å². The third-order valence-electron chi connectivity index (χ3n) is 2.69. The summed E-state index contributed by atoms with van der Waals surface area (Å²) in [7, 11) is 0. The van der Waals surface area contributed by atoms with Crippen LogP contribution in [0.2, 0.25) is 0 Å². The van der Waals surface area contributed by atoms with E-state index in [4.69, 9.17) is 4.74 Å². The second kappa shape index (κ2) is 6.20. The van der Waals surface area contributed by atoms with Crippen molar-refractivity contribution in [3.8, 4) is 5.75 Å². The third kappa shape index (κ3) is 3.71. The predicted molar refractivity (Wildman–Crippen MR) is 63.8 cm³/mol. The van der Waals surface area contributed by atoms with E-state index in [0.717, 1.165) is 32.6 Å². The van der Waals surface area contributed by atoms with Crippen LogP contribution < -0.4 is 10.1 Å². The molecule has 1 fully saturated rings. The highest BCUT2D eigenvalue weighted by Gasteiger charge is 2.15. The second-order valence-electron chi connectivity index (χ2n) is 3.96. The van der Waals surface area contributed by atoms with E-state index >= 15 is 0 Å². The summed E-state index contributed by atoms with van der Waals surface area (Å²) < 4.78 is 5.39. The van der Waals surface area contributed by atoms with Crippen LogP contribution in [-0.4, -0.2) is 48.6 Å². The maximum absolute atomic E-state index is 11.9. The normalized spacial score (nSPS) is 16.4. The molecular formula is C12H17N3O2. The molecule has 1 aromatic rings. The fourth-order valence-electron chi connectivity index (χ4n) is 1.76. The first-order valence-electron chi connectivity index (χ1n) is 5.87. The number of ether oxygens (including phenoxy) is 1. The first-order chi connectivity index (χ1) is 8.36. The molecule has 5 heteroatoms. The zero-order valence-corrected chi connectivity index (χ0v) is 9.76. The van der Waals surface area contributed by atoms with E-state index in [1.807, 2.05) is 4.90 Å². The number of hydrogen-bond donors (Lipinski definition) is 1. The summed E-state index contributed by atoms with van der Waals surface area (Å²) in [5.74, 6) is 0.673. The molecule has 0 bridgehead atoms. The number of amides is 1. The predicted octanol–water partition coefficient (Wildman–Crippen LogP) is 0.282. The van der Waals surface area contributed by atoms with Gasteiger partial charge in [0.05, 0.1) is 6.20 Å². The molecule has 1 saturated heterocycles. The summed E-state index contributed by atoms with van der Waals surface area (Å²) in [6, 6.07) is 3.58. The van der Waals surface area contributed by atoms with Crippen molar-refractivity contribution in [1.82, 2.24) is 15.2 Å². The number of carbonyl (C=O) groups excluding carboxylic acids is 1. The summed E-state index contributed by atoms with van der Waals surface area (Å²) in [6.45, 7) is 3.50. The van der Waals surface area contributed by atoms with Gasteiger partial charge in [0.25, 0.3) is 5.91 Å². The molecule has 2 heterocycles. The summed E-state index contributed by atoms with van der Waals surface area (Å²) in [5, 5.41) is 3.26. The standard InChI is InChI=1S/C12H17N3O2/c16-12(15-7-2-5-13-6-8-15)10-17-11-3-1-4-14-9-11/h1,3-4,9,13H,2,5-8,10H2. The van der Waals surface area contributed by atoms with Crippen molar-refractivity contribution in [2.45, 2.75) is 6.42 Å². The Labute approximate surface area is 101 Å². The van der Waals surface area contributed by atoms with Gasteiger partial charge in [-0.2, -0.15) is 0 Å². The van der Waals surface area contributed by atoms with Gasteiger partial charge in [-0.3, -0.25) is 9.78 Å². The number of rotatable bonds is 3. The minimum Gasteiger partial charge on any atom is -0.482 e. The van der Waals surface area contributed by atoms with Gasteiger partial charge in [-0.15, -0.1) is 0 Å². The number of aromatic nitrogens is 1. The lowest BCUT2D eigenvalue weighted by molar-refractivity contribution is -0.133. The van der Waals surface area contributed by atoms with Gasteiger partial charge >= 0.3 is 0 Å². The molecule has 0 spiro atoms. The van der Waals surface area contributed by atoms with Crippen LogP contribution in [-0.2, 0) is 4.79 Å². The molecule has 0 saturated carbocycles. The van der Waals surface area contributed by atoms with Crippen molar-refractivity contribution in [3.63, 3.8) is 0 Å². The molecule has 0 atom stereocenters. The fraction of sp³-hybridized carbons (Fsp3) is 0.500. The lowest BCUT2D eigenvalue weighted by atomic mass is 10.4. The van der Waals surface area contributed by atoms with Crippen LogP contribution in [0.1, 0.15) is 6.42 Å². The molecular weight excluding hydrogens is 218 g/mol. The largest absolute Gasteiger partial charge is 0.482 e. The van der Waals surface area contributed by atoms with Crippen molar-refractivity contribution in [3.05, 3.63) is 24.5 Å². The van der Waals surface area contributed by atoms with Crippen LogP contribution in [0.3, 0.4) is 0 Å². The Bertz CT molecular complexity index is 348. The van der Waals surface area contributed by atoms with E-state index < -0.39 is 0 Å². The van der Waals surface area contributed by atoms with Gasteiger partial charge in [-0.05, 0) is 25.1 Å². The van der Waals surface area contributed by atoms with Crippen LogP contribution >= 0.6 is 0 Å². The quantitative estimate of drug-likeness (QED) is 0.817. The lowest BCUT2D eigenvalue weighted by Crippen LogP contribution is -2.37. The monoisotopic (exact) mass is 235 g/mol. The van der Waals surface area contributed by atoms with Gasteiger partial charge in [-0.25, -0.2) is 0 Å². The highest BCUT2D eigenvalue weighted by Crippen LogP contribution is 2.06. The highest BCUT2D eigenvalue weighted by molar-refractivity contribution is 5.77. The first-order valence-corrected chi connectivity index (χ1v) is 5.87. The van der Waals surface area contributed by atoms with E-state index in [9.17, 15) is 4.79 Å². The average Bonchev–Trinajstić information content (AvgIpc) is 2.66. The van der Waals surface area contributed by atoms with Crippen molar-refractivity contribution < 1.29 is 9.53 Å². The summed E-state index contributed by atoms with van der Waals surface area (Å²) in [4.78, 5) is 17.7. The molecule has 1 aliphatic rings. The Kier molecular flexibility index (Phi) is 4.32. The smallest absolute Gasteiger partial charge is 0.260 e. The van der Waals surface area contributed by atoms with E-state index in [2.05, 4.69) is 10.3 Å². The molecule has 5 nitrogen and oxygen atoms in total. The zero-order valence-electron chi connectivity index (χ0n) is 9.76. The number of nitrogens with zero attached hydrogens (tertiary/aromatic N) is 2. The third-order valence-corrected chi connectivity index (χ3v) is 2.69. The lowest BCUT2D eigenvalue weighted by Gasteiger charge is -2.19. The molecule has 0 aromatic carbocycles. The van der Waals surface area contributed by atoms with Crippen LogP contribution in [0, 0.1) is 0 Å². The summed E-state index contributed by atoms with van der Waals surface area (Å²) in [6.07, 6.45) is 4.28. The average molecular weight is 235 g/mol. The molecule has 1 N–H and O–H groups in total. The minimum atomic E-state index is 0.0394. The van der Waals surface area contributed by atoms with Crippen LogP contribution in [0.25, 0.3) is 0 Å². The fourth-order valence-corrected chi connectivity index (χ4v) is 1.76. The number of pyridine rings is 1. The SMILES string of the molecule is O=C(COc1cccnc1)N1CCCNCC1. The Morgan fingerprint density at radius 3 is 3.24 bits per heavy atom. The van der Waals surface area contributed by atoms with Crippen molar-refractivity contribution in [2.24, 2.45) is 0 Å². The van der Waals surface area contributed by atoms with Crippen LogP contribution in [0.15, 0.2) is 24.5 Å². The first kappa shape index (κ1) is 11.9. The Hall–Kier alpha value is -1.62. The Morgan fingerprint density at radius 2 is 2.41 bits per heavy atom. The zero-order chi connectivity index (χ0) is 11.9. The maximum Gasteiger partial charge on any atom is 0.260 e. The molecule has 1 amide bonds. The van der Waals surface area contributed by atoms with E-state index in [0.29, 0.717) is 5.75 Å². The van der Waals surface area contributed by atoms with Gasteiger partial charge in [0.2, 0.25) is 0 Å². The van der Waals surface area contributed by atoms with Gasteiger partial charge in [0.1, 0.15) is 5.75 Å². The van der Waals surface area contributed by atoms with E-state index in [-0.39, 0.29) is 12.5 Å². The summed E-state index contributed by atoms with van der Waals surface area (Å²) >= 11 is 0. The summed E-state index contributed by atoms with van der Waals surface area (Å²) in [5.41, 5.74) is 0. The van der Waals surface area contributed by atoms with Crippen molar-refractivity contribution >= 4 is 5.91 Å². The molecule has 2 rings (SSSR count). The molecule has 1 aromatic heterocycles. The minimum absolute atomic E-state index is 0.0394.